The van der Waals surface area contributed by atoms with Crippen molar-refractivity contribution in [3.8, 4) is 0 Å². The molecule has 0 aliphatic carbocycles. The molecule has 0 aliphatic heterocycles. The summed E-state index contributed by atoms with van der Waals surface area (Å²) < 4.78 is 0. The largest absolute Gasteiger partial charge is 0.293 e. The Morgan fingerprint density at radius 1 is 1.18 bits per heavy atom. The molecule has 0 aliphatic rings. The number of carbonyl (C=O) groups is 1. The van der Waals surface area contributed by atoms with E-state index in [0.717, 1.165) is 23.6 Å². The maximum Gasteiger partial charge on any atom is 0.172 e. The predicted octanol–water partition coefficient (Wildman–Crippen LogP) is 5.21. The molecule has 1 rings (SSSR count). The van der Waals surface area contributed by atoms with Crippen molar-refractivity contribution in [3.63, 3.8) is 0 Å². The second-order valence-corrected chi connectivity index (χ2v) is 5.76. The number of hydrogen-bond donors (Lipinski definition) is 0. The summed E-state index contributed by atoms with van der Waals surface area (Å²) in [6, 6.07) is 1.99. The van der Waals surface area contributed by atoms with Crippen LogP contribution in [0.3, 0.4) is 0 Å². The zero-order valence-electron chi connectivity index (χ0n) is 10.5. The first-order valence-electron chi connectivity index (χ1n) is 6.38. The van der Waals surface area contributed by atoms with E-state index in [2.05, 4.69) is 0 Å². The lowest BCUT2D eigenvalue weighted by atomic mass is 10.1. The van der Waals surface area contributed by atoms with Crippen LogP contribution in [0.15, 0.2) is 11.4 Å². The Morgan fingerprint density at radius 2 is 1.82 bits per heavy atom. The van der Waals surface area contributed by atoms with E-state index in [1.54, 1.807) is 11.3 Å². The van der Waals surface area contributed by atoms with Crippen molar-refractivity contribution in [1.29, 1.82) is 0 Å². The van der Waals surface area contributed by atoms with Crippen LogP contribution < -0.4 is 0 Å². The number of ketones is 1. The Morgan fingerprint density at radius 3 is 2.41 bits per heavy atom. The molecule has 0 radical (unpaired) electrons. The molecule has 0 aromatic carbocycles. The number of thiophene rings is 1. The summed E-state index contributed by atoms with van der Waals surface area (Å²) in [5, 5.41) is 2.04. The minimum atomic E-state index is 0.309. The quantitative estimate of drug-likeness (QED) is 0.343. The van der Waals surface area contributed by atoms with Gasteiger partial charge in [-0.2, -0.15) is 0 Å². The lowest BCUT2D eigenvalue weighted by molar-refractivity contribution is 0.0983. The number of carbonyl (C=O) groups excluding carboxylic acids is 1. The van der Waals surface area contributed by atoms with Crippen molar-refractivity contribution in [2.24, 2.45) is 0 Å². The van der Waals surface area contributed by atoms with E-state index in [1.165, 1.54) is 31.2 Å². The summed E-state index contributed by atoms with van der Waals surface area (Å²) in [5.74, 6) is 1.08. The second-order valence-electron chi connectivity index (χ2n) is 4.47. The van der Waals surface area contributed by atoms with Gasteiger partial charge in [-0.25, -0.2) is 0 Å². The summed E-state index contributed by atoms with van der Waals surface area (Å²) in [6.45, 7) is 2.03. The number of aryl methyl sites for hydroxylation is 1. The average molecular weight is 273 g/mol. The molecule has 1 nitrogen and oxygen atoms in total. The SMILES string of the molecule is Cc1csc(C(=O)CCCCCCCCCl)c1. The third-order valence-electron chi connectivity index (χ3n) is 2.79. The number of alkyl halides is 1. The zero-order chi connectivity index (χ0) is 12.5. The number of hydrogen-bond acceptors (Lipinski definition) is 2. The van der Waals surface area contributed by atoms with Crippen molar-refractivity contribution in [2.45, 2.75) is 51.9 Å². The van der Waals surface area contributed by atoms with E-state index >= 15 is 0 Å². The molecule has 17 heavy (non-hydrogen) atoms. The molecule has 3 heteroatoms. The van der Waals surface area contributed by atoms with Crippen LogP contribution in [0.25, 0.3) is 0 Å². The fourth-order valence-corrected chi connectivity index (χ4v) is 2.85. The van der Waals surface area contributed by atoms with Crippen molar-refractivity contribution in [2.75, 3.05) is 5.88 Å². The van der Waals surface area contributed by atoms with E-state index in [4.69, 9.17) is 11.6 Å². The van der Waals surface area contributed by atoms with Crippen molar-refractivity contribution < 1.29 is 4.79 Å². The Balaban J connectivity index is 2.05. The van der Waals surface area contributed by atoms with Gasteiger partial charge in [0, 0.05) is 12.3 Å². The molecule has 96 valence electrons. The molecular formula is C14H21ClOS. The van der Waals surface area contributed by atoms with E-state index < -0.39 is 0 Å². The van der Waals surface area contributed by atoms with Gasteiger partial charge in [0.05, 0.1) is 4.88 Å². The Labute approximate surface area is 113 Å². The van der Waals surface area contributed by atoms with Crippen LogP contribution >= 0.6 is 22.9 Å². The van der Waals surface area contributed by atoms with Gasteiger partial charge in [0.15, 0.2) is 5.78 Å². The summed E-state index contributed by atoms with van der Waals surface area (Å²) >= 11 is 7.18. The van der Waals surface area contributed by atoms with E-state index in [-0.39, 0.29) is 0 Å². The fraction of sp³-hybridized carbons (Fsp3) is 0.643. The van der Waals surface area contributed by atoms with Crippen LogP contribution in [0.1, 0.15) is 60.2 Å². The molecule has 0 fully saturated rings. The van der Waals surface area contributed by atoms with Gasteiger partial charge in [0.25, 0.3) is 0 Å². The Bertz CT molecular complexity index is 333. The smallest absolute Gasteiger partial charge is 0.172 e. The van der Waals surface area contributed by atoms with Crippen LogP contribution in [-0.2, 0) is 0 Å². The molecule has 1 heterocycles. The number of Topliss-reactive ketones (excluding diaryl/α,β-unsaturated/α-hetero) is 1. The monoisotopic (exact) mass is 272 g/mol. The lowest BCUT2D eigenvalue weighted by Crippen LogP contribution is -1.95. The van der Waals surface area contributed by atoms with Gasteiger partial charge in [0.2, 0.25) is 0 Å². The second kappa shape index (κ2) is 8.71. The minimum Gasteiger partial charge on any atom is -0.293 e. The summed E-state index contributed by atoms with van der Waals surface area (Å²) in [5.41, 5.74) is 1.19. The molecule has 1 aromatic rings. The topological polar surface area (TPSA) is 17.1 Å². The van der Waals surface area contributed by atoms with Crippen molar-refractivity contribution >= 4 is 28.7 Å². The lowest BCUT2D eigenvalue weighted by Gasteiger charge is -2.00. The van der Waals surface area contributed by atoms with Gasteiger partial charge >= 0.3 is 0 Å². The Kier molecular flexibility index (Phi) is 7.54. The van der Waals surface area contributed by atoms with E-state index in [0.29, 0.717) is 12.2 Å². The maximum absolute atomic E-state index is 11.8. The fourth-order valence-electron chi connectivity index (χ4n) is 1.79. The highest BCUT2D eigenvalue weighted by Gasteiger charge is 2.07. The molecule has 0 saturated heterocycles. The first kappa shape index (κ1) is 14.7. The summed E-state index contributed by atoms with van der Waals surface area (Å²) in [4.78, 5) is 12.7. The molecule has 0 amide bonds. The average Bonchev–Trinajstić information content (AvgIpc) is 2.74. The van der Waals surface area contributed by atoms with Crippen molar-refractivity contribution in [3.05, 3.63) is 21.9 Å². The van der Waals surface area contributed by atoms with E-state index in [9.17, 15) is 4.79 Å². The molecule has 0 bridgehead atoms. The van der Waals surface area contributed by atoms with Crippen molar-refractivity contribution in [1.82, 2.24) is 0 Å². The third-order valence-corrected chi connectivity index (χ3v) is 4.15. The molecular weight excluding hydrogens is 252 g/mol. The number of unbranched alkanes of at least 4 members (excludes halogenated alkanes) is 5. The Hall–Kier alpha value is -0.340. The van der Waals surface area contributed by atoms with Gasteiger partial charge in [-0.1, -0.05) is 25.7 Å². The first-order valence-corrected chi connectivity index (χ1v) is 7.79. The zero-order valence-corrected chi connectivity index (χ0v) is 12.1. The molecule has 0 N–H and O–H groups in total. The molecule has 0 saturated carbocycles. The normalized spacial score (nSPS) is 10.7. The maximum atomic E-state index is 11.8. The third kappa shape index (κ3) is 6.23. The number of rotatable bonds is 9. The van der Waals surface area contributed by atoms with Crippen LogP contribution in [0.4, 0.5) is 0 Å². The van der Waals surface area contributed by atoms with Gasteiger partial charge in [-0.05, 0) is 36.8 Å². The van der Waals surface area contributed by atoms with Crippen LogP contribution in [-0.4, -0.2) is 11.7 Å². The highest BCUT2D eigenvalue weighted by Crippen LogP contribution is 2.17. The molecule has 0 spiro atoms. The van der Waals surface area contributed by atoms with Gasteiger partial charge in [-0.15, -0.1) is 22.9 Å². The summed E-state index contributed by atoms with van der Waals surface area (Å²) in [7, 11) is 0. The van der Waals surface area contributed by atoms with Gasteiger partial charge < -0.3 is 0 Å². The van der Waals surface area contributed by atoms with Gasteiger partial charge in [0.1, 0.15) is 0 Å². The molecule has 1 aromatic heterocycles. The molecule has 0 unspecified atom stereocenters. The molecule has 0 atom stereocenters. The van der Waals surface area contributed by atoms with Crippen LogP contribution in [0.5, 0.6) is 0 Å². The predicted molar refractivity (Wildman–Crippen MR) is 76.4 cm³/mol. The van der Waals surface area contributed by atoms with Crippen LogP contribution in [0, 0.1) is 6.92 Å². The number of halogens is 1. The first-order chi connectivity index (χ1) is 8.24. The summed E-state index contributed by atoms with van der Waals surface area (Å²) in [6.07, 6.45) is 7.72. The highest BCUT2D eigenvalue weighted by atomic mass is 35.5. The highest BCUT2D eigenvalue weighted by molar-refractivity contribution is 7.12. The standard InChI is InChI=1S/C14H21ClOS/c1-12-10-14(17-11-12)13(16)8-6-4-2-3-5-7-9-15/h10-11H,2-9H2,1H3. The minimum absolute atomic E-state index is 0.309. The van der Waals surface area contributed by atoms with E-state index in [1.807, 2.05) is 18.4 Å². The van der Waals surface area contributed by atoms with Gasteiger partial charge in [-0.3, -0.25) is 4.79 Å². The van der Waals surface area contributed by atoms with Crippen LogP contribution in [0.2, 0.25) is 0 Å².